The maximum Gasteiger partial charge on any atom is 0.0738 e. The third kappa shape index (κ3) is 0.899. The van der Waals surface area contributed by atoms with Gasteiger partial charge in [0.05, 0.1) is 21.8 Å². The Hall–Kier alpha value is -0.750. The number of halogens is 1. The summed E-state index contributed by atoms with van der Waals surface area (Å²) < 4.78 is 0.993. The number of nitrogens with one attached hydrogen (secondary N) is 1. The number of rotatable bonds is 1. The molecule has 2 nitrogen and oxygen atoms in total. The zero-order chi connectivity index (χ0) is 7.90. The Morgan fingerprint density at radius 3 is 2.82 bits per heavy atom. The molecule has 1 aliphatic rings. The first-order chi connectivity index (χ1) is 5.28. The van der Waals surface area contributed by atoms with E-state index in [0.717, 1.165) is 23.0 Å². The smallest absolute Gasteiger partial charge is 0.0738 e. The minimum absolute atomic E-state index is 0.0324. The van der Waals surface area contributed by atoms with Crippen LogP contribution in [0.25, 0.3) is 0 Å². The Morgan fingerprint density at radius 1 is 1.73 bits per heavy atom. The van der Waals surface area contributed by atoms with Crippen LogP contribution in [-0.4, -0.2) is 10.2 Å². The van der Waals surface area contributed by atoms with Gasteiger partial charge in [0, 0.05) is 0 Å². The Labute approximate surface area is 73.5 Å². The van der Waals surface area contributed by atoms with Gasteiger partial charge in [0.25, 0.3) is 0 Å². The van der Waals surface area contributed by atoms with Crippen molar-refractivity contribution in [3.8, 4) is 12.3 Å². The van der Waals surface area contributed by atoms with Gasteiger partial charge in [-0.1, -0.05) is 5.92 Å². The van der Waals surface area contributed by atoms with Crippen LogP contribution >= 0.6 is 15.9 Å². The van der Waals surface area contributed by atoms with Crippen LogP contribution in [0.15, 0.2) is 10.7 Å². The summed E-state index contributed by atoms with van der Waals surface area (Å²) in [5.74, 6) is 2.79. The lowest BCUT2D eigenvalue weighted by molar-refractivity contribution is 0.847. The highest BCUT2D eigenvalue weighted by atomic mass is 79.9. The molecule has 1 aliphatic carbocycles. The normalized spacial score (nSPS) is 19.3. The van der Waals surface area contributed by atoms with Gasteiger partial charge < -0.3 is 0 Å². The lowest BCUT2D eigenvalue weighted by Gasteiger charge is -2.03. The quantitative estimate of drug-likeness (QED) is 0.705. The van der Waals surface area contributed by atoms with E-state index in [1.54, 1.807) is 6.20 Å². The van der Waals surface area contributed by atoms with E-state index in [9.17, 15) is 0 Å². The monoisotopic (exact) mass is 210 g/mol. The number of H-pyrrole nitrogens is 1. The summed E-state index contributed by atoms with van der Waals surface area (Å²) in [6, 6.07) is 0. The summed E-state index contributed by atoms with van der Waals surface area (Å²) in [4.78, 5) is 0. The third-order valence-electron chi connectivity index (χ3n) is 2.10. The Morgan fingerprint density at radius 2 is 2.45 bits per heavy atom. The molecule has 2 rings (SSSR count). The number of hydrogen-bond acceptors (Lipinski definition) is 1. The molecule has 0 saturated heterocycles. The van der Waals surface area contributed by atoms with E-state index < -0.39 is 0 Å². The molecule has 0 spiro atoms. The van der Waals surface area contributed by atoms with E-state index in [1.165, 1.54) is 0 Å². The molecule has 1 fully saturated rings. The maximum atomic E-state index is 5.41. The minimum atomic E-state index is -0.0324. The molecule has 1 saturated carbocycles. The van der Waals surface area contributed by atoms with Gasteiger partial charge in [0.15, 0.2) is 0 Å². The van der Waals surface area contributed by atoms with Crippen molar-refractivity contribution >= 4 is 15.9 Å². The molecule has 0 amide bonds. The molecule has 1 aromatic heterocycles. The zero-order valence-corrected chi connectivity index (χ0v) is 7.48. The van der Waals surface area contributed by atoms with Crippen molar-refractivity contribution < 1.29 is 0 Å². The molecule has 0 bridgehead atoms. The highest BCUT2D eigenvalue weighted by Gasteiger charge is 2.45. The highest BCUT2D eigenvalue weighted by molar-refractivity contribution is 9.10. The average Bonchev–Trinajstić information content (AvgIpc) is 2.70. The summed E-state index contributed by atoms with van der Waals surface area (Å²) in [6.07, 6.45) is 9.30. The first-order valence-corrected chi connectivity index (χ1v) is 4.25. The summed E-state index contributed by atoms with van der Waals surface area (Å²) in [5, 5.41) is 6.83. The van der Waals surface area contributed by atoms with Crippen molar-refractivity contribution in [1.82, 2.24) is 10.2 Å². The highest BCUT2D eigenvalue weighted by Crippen LogP contribution is 2.48. The Bertz CT molecular complexity index is 317. The lowest BCUT2D eigenvalue weighted by Crippen LogP contribution is -2.03. The van der Waals surface area contributed by atoms with Crippen LogP contribution in [0.2, 0.25) is 0 Å². The average molecular weight is 211 g/mol. The van der Waals surface area contributed by atoms with Gasteiger partial charge >= 0.3 is 0 Å². The Balaban J connectivity index is 2.45. The summed E-state index contributed by atoms with van der Waals surface area (Å²) in [7, 11) is 0. The molecule has 56 valence electrons. The fraction of sp³-hybridized carbons (Fsp3) is 0.375. The molecule has 1 aromatic rings. The molecule has 0 aliphatic heterocycles. The topological polar surface area (TPSA) is 28.7 Å². The molecule has 0 atom stereocenters. The second kappa shape index (κ2) is 2.12. The SMILES string of the molecule is C#CC1(c2[nH]ncc2Br)CC1. The van der Waals surface area contributed by atoms with Crippen molar-refractivity contribution in [2.45, 2.75) is 18.3 Å². The molecule has 0 aromatic carbocycles. The number of aromatic amines is 1. The van der Waals surface area contributed by atoms with Crippen molar-refractivity contribution in [2.24, 2.45) is 0 Å². The molecular formula is C8H7BrN2. The molecule has 0 unspecified atom stereocenters. The van der Waals surface area contributed by atoms with Crippen molar-refractivity contribution in [3.63, 3.8) is 0 Å². The maximum absolute atomic E-state index is 5.41. The lowest BCUT2D eigenvalue weighted by atomic mass is 10.1. The van der Waals surface area contributed by atoms with E-state index in [0.29, 0.717) is 0 Å². The van der Waals surface area contributed by atoms with Gasteiger partial charge in [-0.2, -0.15) is 5.10 Å². The summed E-state index contributed by atoms with van der Waals surface area (Å²) in [5.41, 5.74) is 1.02. The van der Waals surface area contributed by atoms with Gasteiger partial charge in [0.1, 0.15) is 0 Å². The van der Waals surface area contributed by atoms with Crippen LogP contribution in [0, 0.1) is 12.3 Å². The molecule has 3 heteroatoms. The van der Waals surface area contributed by atoms with E-state index in [-0.39, 0.29) is 5.41 Å². The van der Waals surface area contributed by atoms with Gasteiger partial charge in [-0.05, 0) is 28.8 Å². The van der Waals surface area contributed by atoms with E-state index in [4.69, 9.17) is 6.42 Å². The van der Waals surface area contributed by atoms with Crippen LogP contribution in [-0.2, 0) is 5.41 Å². The molecule has 0 radical (unpaired) electrons. The zero-order valence-electron chi connectivity index (χ0n) is 5.89. The van der Waals surface area contributed by atoms with E-state index >= 15 is 0 Å². The molecule has 11 heavy (non-hydrogen) atoms. The van der Waals surface area contributed by atoms with Crippen LogP contribution in [0.4, 0.5) is 0 Å². The van der Waals surface area contributed by atoms with Crippen LogP contribution in [0.1, 0.15) is 18.5 Å². The Kier molecular flexibility index (Phi) is 1.33. The van der Waals surface area contributed by atoms with Gasteiger partial charge in [-0.25, -0.2) is 0 Å². The largest absolute Gasteiger partial charge is 0.280 e. The van der Waals surface area contributed by atoms with Crippen LogP contribution in [0.3, 0.4) is 0 Å². The molecule has 1 heterocycles. The predicted octanol–water partition coefficient (Wildman–Crippen LogP) is 1.84. The third-order valence-corrected chi connectivity index (χ3v) is 2.70. The molecular weight excluding hydrogens is 204 g/mol. The van der Waals surface area contributed by atoms with Gasteiger partial charge in [-0.3, -0.25) is 5.10 Å². The minimum Gasteiger partial charge on any atom is -0.280 e. The molecule has 1 N–H and O–H groups in total. The second-order valence-corrected chi connectivity index (χ2v) is 3.67. The van der Waals surface area contributed by atoms with E-state index in [1.807, 2.05) is 0 Å². The fourth-order valence-electron chi connectivity index (χ4n) is 1.20. The van der Waals surface area contributed by atoms with Gasteiger partial charge in [-0.15, -0.1) is 6.42 Å². The fourth-order valence-corrected chi connectivity index (χ4v) is 1.77. The standard InChI is InChI=1S/C8H7BrN2/c1-2-8(3-4-8)7-6(9)5-10-11-7/h1,5H,3-4H2,(H,10,11). The van der Waals surface area contributed by atoms with Gasteiger partial charge in [0.2, 0.25) is 0 Å². The number of terminal acetylenes is 1. The first-order valence-electron chi connectivity index (χ1n) is 3.46. The summed E-state index contributed by atoms with van der Waals surface area (Å²) in [6.45, 7) is 0. The summed E-state index contributed by atoms with van der Waals surface area (Å²) >= 11 is 3.39. The number of hydrogen-bond donors (Lipinski definition) is 1. The van der Waals surface area contributed by atoms with Crippen LogP contribution in [0.5, 0.6) is 0 Å². The van der Waals surface area contributed by atoms with Crippen molar-refractivity contribution in [3.05, 3.63) is 16.4 Å². The number of nitrogens with zero attached hydrogens (tertiary/aromatic N) is 1. The first kappa shape index (κ1) is 6.93. The van der Waals surface area contributed by atoms with Crippen LogP contribution < -0.4 is 0 Å². The number of aromatic nitrogens is 2. The van der Waals surface area contributed by atoms with Crippen molar-refractivity contribution in [1.29, 1.82) is 0 Å². The van der Waals surface area contributed by atoms with E-state index in [2.05, 4.69) is 32.0 Å². The van der Waals surface area contributed by atoms with Crippen molar-refractivity contribution in [2.75, 3.05) is 0 Å². The predicted molar refractivity (Wildman–Crippen MR) is 46.0 cm³/mol. The second-order valence-electron chi connectivity index (χ2n) is 2.82.